The molecule has 64 heavy (non-hydrogen) atoms. The van der Waals surface area contributed by atoms with Gasteiger partial charge in [-0.2, -0.15) is 26.3 Å². The van der Waals surface area contributed by atoms with E-state index in [2.05, 4.69) is 0 Å². The van der Waals surface area contributed by atoms with Crippen LogP contribution in [0.3, 0.4) is 0 Å². The fourth-order valence-corrected chi connectivity index (χ4v) is 6.37. The predicted octanol–water partition coefficient (Wildman–Crippen LogP) is 14.2. The predicted molar refractivity (Wildman–Crippen MR) is 171 cm³/mol. The summed E-state index contributed by atoms with van der Waals surface area (Å²) in [5, 5.41) is 0. The van der Waals surface area contributed by atoms with Crippen molar-refractivity contribution < 1.29 is 105 Å². The Labute approximate surface area is 338 Å². The Morgan fingerprint density at radius 2 is 0.672 bits per heavy atom. The molecule has 0 spiro atoms. The number of anilines is 5. The molecule has 0 heterocycles. The van der Waals surface area contributed by atoms with Crippen LogP contribution in [0.15, 0.2) is 42.5 Å². The number of hydrogen-bond acceptors (Lipinski definition) is 2. The number of allylic oxidation sites excluding steroid dienone is 2. The van der Waals surface area contributed by atoms with Crippen molar-refractivity contribution >= 4 is 34.0 Å². The number of hydrogen-bond donors (Lipinski definition) is 0. The van der Waals surface area contributed by atoms with Crippen molar-refractivity contribution in [2.24, 2.45) is 0 Å². The SMILES string of the molecule is Fc1c(F)c(F)c(N(c2ccc(C3=CCC(N(c4c(F)c(F)c(F)c(F)c4F)c4c(F)c(F)c(C(F)(F)F)c(F)c4F)C=C3)cc2)c2c(F)c(F)c(C(F)(F)F)c(F)c2F)c(F)c1F. The van der Waals surface area contributed by atoms with Crippen LogP contribution < -0.4 is 9.80 Å². The van der Waals surface area contributed by atoms with Crippen molar-refractivity contribution in [3.05, 3.63) is 164 Å². The zero-order valence-electron chi connectivity index (χ0n) is 29.8. The number of rotatable bonds is 7. The minimum absolute atomic E-state index is 0.308. The smallest absolute Gasteiger partial charge is 0.324 e. The third-order valence-corrected chi connectivity index (χ3v) is 9.22. The summed E-state index contributed by atoms with van der Waals surface area (Å²) in [5.41, 5.74) is -18.1. The van der Waals surface area contributed by atoms with Crippen molar-refractivity contribution in [3.63, 3.8) is 0 Å². The average Bonchev–Trinajstić information content (AvgIpc) is 3.23. The van der Waals surface area contributed by atoms with Gasteiger partial charge in [-0.15, -0.1) is 0 Å². The maximum absolute atomic E-state index is 15.3. The summed E-state index contributed by atoms with van der Waals surface area (Å²) < 4.78 is 346. The summed E-state index contributed by atoms with van der Waals surface area (Å²) in [6, 6.07) is -0.172. The van der Waals surface area contributed by atoms with Crippen LogP contribution in [0.25, 0.3) is 5.57 Å². The first-order valence-electron chi connectivity index (χ1n) is 16.5. The topological polar surface area (TPSA) is 6.48 Å². The molecule has 5 aromatic carbocycles. The van der Waals surface area contributed by atoms with Gasteiger partial charge >= 0.3 is 12.4 Å². The lowest BCUT2D eigenvalue weighted by atomic mass is 9.95. The number of halogens is 24. The molecule has 0 amide bonds. The van der Waals surface area contributed by atoms with Gasteiger partial charge in [0.2, 0.25) is 11.6 Å². The lowest BCUT2D eigenvalue weighted by molar-refractivity contribution is -0.144. The summed E-state index contributed by atoms with van der Waals surface area (Å²) in [7, 11) is 0. The molecule has 0 aliphatic heterocycles. The van der Waals surface area contributed by atoms with E-state index in [1.54, 1.807) is 0 Å². The largest absolute Gasteiger partial charge is 0.422 e. The lowest BCUT2D eigenvalue weighted by Crippen LogP contribution is -2.35. The summed E-state index contributed by atoms with van der Waals surface area (Å²) >= 11 is 0. The van der Waals surface area contributed by atoms with Crippen molar-refractivity contribution in [1.82, 2.24) is 0 Å². The maximum atomic E-state index is 15.3. The second-order valence-corrected chi connectivity index (χ2v) is 12.9. The Morgan fingerprint density at radius 3 is 0.984 bits per heavy atom. The van der Waals surface area contributed by atoms with E-state index in [0.717, 1.165) is 6.08 Å². The first-order valence-corrected chi connectivity index (χ1v) is 16.5. The van der Waals surface area contributed by atoms with Gasteiger partial charge in [-0.25, -0.2) is 79.0 Å². The molecule has 0 radical (unpaired) electrons. The van der Waals surface area contributed by atoms with Gasteiger partial charge in [-0.3, -0.25) is 4.90 Å². The molecule has 1 aliphatic rings. The summed E-state index contributed by atoms with van der Waals surface area (Å²) in [6.45, 7) is 0. The minimum Gasteiger partial charge on any atom is -0.324 e. The fourth-order valence-electron chi connectivity index (χ4n) is 6.37. The van der Waals surface area contributed by atoms with Crippen LogP contribution >= 0.6 is 0 Å². The molecule has 26 heteroatoms. The maximum Gasteiger partial charge on any atom is 0.422 e. The van der Waals surface area contributed by atoms with Gasteiger partial charge in [0.25, 0.3) is 0 Å². The van der Waals surface area contributed by atoms with E-state index in [1.807, 2.05) is 0 Å². The van der Waals surface area contributed by atoms with Gasteiger partial charge in [0, 0.05) is 5.69 Å². The number of alkyl halides is 6. The van der Waals surface area contributed by atoms with Crippen LogP contribution in [0.5, 0.6) is 0 Å². The molecule has 0 N–H and O–H groups in total. The normalized spacial score (nSPS) is 14.4. The zero-order valence-corrected chi connectivity index (χ0v) is 29.8. The second-order valence-electron chi connectivity index (χ2n) is 12.9. The molecular weight excluding hydrogens is 940 g/mol. The monoisotopic (exact) mass is 950 g/mol. The highest BCUT2D eigenvalue weighted by atomic mass is 19.4. The summed E-state index contributed by atoms with van der Waals surface area (Å²) in [4.78, 5) is -1.39. The molecule has 0 aromatic heterocycles. The van der Waals surface area contributed by atoms with Crippen molar-refractivity contribution in [2.45, 2.75) is 24.8 Å². The molecule has 0 saturated carbocycles. The molecule has 1 aliphatic carbocycles. The molecule has 340 valence electrons. The first kappa shape index (κ1) is 47.0. The van der Waals surface area contributed by atoms with Crippen LogP contribution in [0.2, 0.25) is 0 Å². The highest BCUT2D eigenvalue weighted by Gasteiger charge is 2.47. The third kappa shape index (κ3) is 7.38. The molecule has 5 aromatic rings. The lowest BCUT2D eigenvalue weighted by Gasteiger charge is -2.34. The molecule has 0 fully saturated rings. The van der Waals surface area contributed by atoms with Gasteiger partial charge in [-0.05, 0) is 29.7 Å². The molecule has 1 unspecified atom stereocenters. The van der Waals surface area contributed by atoms with Crippen molar-refractivity contribution in [2.75, 3.05) is 9.80 Å². The van der Waals surface area contributed by atoms with E-state index >= 15 is 35.1 Å². The summed E-state index contributed by atoms with van der Waals surface area (Å²) in [6.07, 6.45) is -11.4. The Kier molecular flexibility index (Phi) is 11.9. The van der Waals surface area contributed by atoms with E-state index in [4.69, 9.17) is 0 Å². The highest BCUT2D eigenvalue weighted by Crippen LogP contribution is 2.48. The molecule has 0 bridgehead atoms. The second kappa shape index (κ2) is 16.2. The molecule has 6 rings (SSSR count). The number of benzene rings is 5. The van der Waals surface area contributed by atoms with Crippen molar-refractivity contribution in [3.8, 4) is 0 Å². The van der Waals surface area contributed by atoms with Crippen molar-refractivity contribution in [1.29, 1.82) is 0 Å². The van der Waals surface area contributed by atoms with Crippen LogP contribution in [-0.2, 0) is 12.4 Å². The van der Waals surface area contributed by atoms with Crippen LogP contribution in [0.1, 0.15) is 23.1 Å². The standard InChI is InChI=1S/C38H10F24N2/c39-15-13(37(57,58)59)16(40)26(50)33(25(15)49)63(35-29(53)21(45)19(43)22(46)30(35)54)11-5-1-9(2-6-11)10-3-7-12(8-4-10)64(36-31(55)23(47)20(44)24(48)32(36)56)34-27(51)17(41)14(38(60,61)62)18(42)28(34)52/h1-7,12H,8H2. The van der Waals surface area contributed by atoms with E-state index in [-0.39, 0.29) is 11.1 Å². The van der Waals surface area contributed by atoms with Gasteiger partial charge in [0.15, 0.2) is 93.1 Å². The fraction of sp³-hybridized carbons (Fsp3) is 0.105. The number of nitrogens with zero attached hydrogens (tertiary/aromatic N) is 2. The Bertz CT molecular complexity index is 2710. The van der Waals surface area contributed by atoms with Gasteiger partial charge in [-0.1, -0.05) is 30.4 Å². The molecule has 2 nitrogen and oxygen atoms in total. The highest BCUT2D eigenvalue weighted by molar-refractivity contribution is 5.82. The molecular formula is C38H10F24N2. The average molecular weight is 950 g/mol. The minimum atomic E-state index is -6.19. The van der Waals surface area contributed by atoms with Crippen LogP contribution in [0.4, 0.5) is 134 Å². The van der Waals surface area contributed by atoms with E-state index < -0.39 is 179 Å². The van der Waals surface area contributed by atoms with Gasteiger partial charge in [0.05, 0.1) is 6.04 Å². The van der Waals surface area contributed by atoms with E-state index in [9.17, 15) is 70.2 Å². The van der Waals surface area contributed by atoms with Crippen LogP contribution in [0, 0.1) is 105 Å². The third-order valence-electron chi connectivity index (χ3n) is 9.22. The molecule has 1 atom stereocenters. The Morgan fingerprint density at radius 1 is 0.375 bits per heavy atom. The quantitative estimate of drug-likeness (QED) is 0.0911. The zero-order chi connectivity index (χ0) is 48.0. The first-order chi connectivity index (χ1) is 29.6. The van der Waals surface area contributed by atoms with Crippen LogP contribution in [-0.4, -0.2) is 6.04 Å². The summed E-state index contributed by atoms with van der Waals surface area (Å²) in [5.74, 6) is -54.3. The van der Waals surface area contributed by atoms with Gasteiger partial charge in [0.1, 0.15) is 33.9 Å². The van der Waals surface area contributed by atoms with E-state index in [0.29, 0.717) is 36.4 Å². The van der Waals surface area contributed by atoms with E-state index in [1.165, 1.54) is 0 Å². The Balaban J connectivity index is 1.50. The Hall–Kier alpha value is -6.50. The molecule has 0 saturated heterocycles. The van der Waals surface area contributed by atoms with Gasteiger partial charge < -0.3 is 4.90 Å².